The minimum Gasteiger partial charge on any atom is -0.461 e. The highest BCUT2D eigenvalue weighted by Crippen LogP contribution is 2.53. The molecule has 7 nitrogen and oxygen atoms in total. The second-order valence-electron chi connectivity index (χ2n) is 6.84. The van der Waals surface area contributed by atoms with Crippen LogP contribution in [0, 0.1) is 5.41 Å². The predicted octanol–water partition coefficient (Wildman–Crippen LogP) is 1.92. The van der Waals surface area contributed by atoms with Crippen LogP contribution in [-0.2, 0) is 11.3 Å². The second kappa shape index (κ2) is 5.98. The van der Waals surface area contributed by atoms with Gasteiger partial charge in [0.25, 0.3) is 0 Å². The zero-order valence-electron chi connectivity index (χ0n) is 14.1. The Hall–Kier alpha value is -2.70. The van der Waals surface area contributed by atoms with E-state index in [9.17, 15) is 9.59 Å². The van der Waals surface area contributed by atoms with Gasteiger partial charge in [0.05, 0.1) is 19.5 Å². The molecule has 2 fully saturated rings. The summed E-state index contributed by atoms with van der Waals surface area (Å²) < 4.78 is 6.68. The molecule has 0 atom stereocenters. The number of aldehydes is 1. The number of rotatable bonds is 6. The number of hydrogen-bond acceptors (Lipinski definition) is 6. The van der Waals surface area contributed by atoms with Crippen molar-refractivity contribution < 1.29 is 14.3 Å². The molecule has 1 aliphatic carbocycles. The topological polar surface area (TPSA) is 77.3 Å². The Morgan fingerprint density at radius 2 is 2.16 bits per heavy atom. The van der Waals surface area contributed by atoms with Gasteiger partial charge < -0.3 is 14.2 Å². The SMILES string of the molecule is CCOC(=O)c1cn(Cc2ccc(N3CC4(CC4)C3)nc2C=O)cn1. The highest BCUT2D eigenvalue weighted by atomic mass is 16.5. The van der Waals surface area contributed by atoms with E-state index in [1.807, 2.05) is 12.1 Å². The van der Waals surface area contributed by atoms with E-state index >= 15 is 0 Å². The Morgan fingerprint density at radius 3 is 2.84 bits per heavy atom. The summed E-state index contributed by atoms with van der Waals surface area (Å²) in [6, 6.07) is 3.88. The van der Waals surface area contributed by atoms with Gasteiger partial charge in [-0.2, -0.15) is 0 Å². The zero-order chi connectivity index (χ0) is 17.4. The lowest BCUT2D eigenvalue weighted by atomic mass is 9.97. The molecule has 0 N–H and O–H groups in total. The van der Waals surface area contributed by atoms with E-state index < -0.39 is 5.97 Å². The molecule has 4 rings (SSSR count). The van der Waals surface area contributed by atoms with E-state index in [0.29, 0.717) is 24.3 Å². The molecule has 1 saturated carbocycles. The molecule has 0 unspecified atom stereocenters. The molecule has 0 amide bonds. The number of ether oxygens (including phenoxy) is 1. The molecule has 1 aliphatic heterocycles. The monoisotopic (exact) mass is 340 g/mol. The molecule has 0 aromatic carbocycles. The predicted molar refractivity (Wildman–Crippen MR) is 90.8 cm³/mol. The van der Waals surface area contributed by atoms with Crippen LogP contribution >= 0.6 is 0 Å². The summed E-state index contributed by atoms with van der Waals surface area (Å²) in [7, 11) is 0. The third-order valence-corrected chi connectivity index (χ3v) is 4.91. The Morgan fingerprint density at radius 1 is 1.36 bits per heavy atom. The van der Waals surface area contributed by atoms with E-state index in [1.165, 1.54) is 12.8 Å². The van der Waals surface area contributed by atoms with Gasteiger partial charge >= 0.3 is 5.97 Å². The smallest absolute Gasteiger partial charge is 0.358 e. The molecule has 1 saturated heterocycles. The van der Waals surface area contributed by atoms with Gasteiger partial charge in [0, 0.05) is 30.3 Å². The number of carbonyl (C=O) groups excluding carboxylic acids is 2. The van der Waals surface area contributed by atoms with E-state index in [4.69, 9.17) is 4.74 Å². The minimum absolute atomic E-state index is 0.259. The Bertz CT molecular complexity index is 817. The molecule has 0 bridgehead atoms. The van der Waals surface area contributed by atoms with Crippen LogP contribution in [0.25, 0.3) is 0 Å². The number of nitrogens with zero attached hydrogens (tertiary/aromatic N) is 4. The number of imidazole rings is 1. The first-order valence-corrected chi connectivity index (χ1v) is 8.51. The van der Waals surface area contributed by atoms with Crippen molar-refractivity contribution in [2.75, 3.05) is 24.6 Å². The first kappa shape index (κ1) is 15.8. The fourth-order valence-electron chi connectivity index (χ4n) is 3.28. The standard InChI is InChI=1S/C18H20N4O3/c1-2-25-17(24)14-8-21(12-19-14)7-13-3-4-16(20-15(13)9-23)22-10-18(11-22)5-6-18/h3-4,8-9,12H,2,5-7,10-11H2,1H3. The number of anilines is 1. The highest BCUT2D eigenvalue weighted by Gasteiger charge is 2.52. The quantitative estimate of drug-likeness (QED) is 0.590. The Balaban J connectivity index is 1.48. The molecule has 2 aromatic rings. The average molecular weight is 340 g/mol. The second-order valence-corrected chi connectivity index (χ2v) is 6.84. The van der Waals surface area contributed by atoms with Crippen molar-refractivity contribution in [2.45, 2.75) is 26.3 Å². The summed E-state index contributed by atoms with van der Waals surface area (Å²) >= 11 is 0. The summed E-state index contributed by atoms with van der Waals surface area (Å²) in [5, 5.41) is 0. The van der Waals surface area contributed by atoms with Crippen LogP contribution in [0.5, 0.6) is 0 Å². The minimum atomic E-state index is -0.447. The lowest BCUT2D eigenvalue weighted by molar-refractivity contribution is 0.0520. The first-order chi connectivity index (χ1) is 12.1. The van der Waals surface area contributed by atoms with Gasteiger partial charge in [-0.25, -0.2) is 14.8 Å². The third kappa shape index (κ3) is 3.01. The Kier molecular flexibility index (Phi) is 3.78. The molecular formula is C18H20N4O3. The fourth-order valence-corrected chi connectivity index (χ4v) is 3.28. The molecular weight excluding hydrogens is 320 g/mol. The van der Waals surface area contributed by atoms with E-state index in [-0.39, 0.29) is 5.69 Å². The number of aromatic nitrogens is 3. The summed E-state index contributed by atoms with van der Waals surface area (Å²) in [6.07, 6.45) is 6.58. The van der Waals surface area contributed by atoms with Crippen LogP contribution in [-0.4, -0.2) is 46.5 Å². The van der Waals surface area contributed by atoms with Crippen molar-refractivity contribution in [3.63, 3.8) is 0 Å². The summed E-state index contributed by atoms with van der Waals surface area (Å²) in [4.78, 5) is 33.9. The van der Waals surface area contributed by atoms with Crippen LogP contribution in [0.1, 0.15) is 46.3 Å². The number of hydrogen-bond donors (Lipinski definition) is 0. The number of pyridine rings is 1. The van der Waals surface area contributed by atoms with Crippen LogP contribution in [0.2, 0.25) is 0 Å². The van der Waals surface area contributed by atoms with Crippen LogP contribution in [0.4, 0.5) is 5.82 Å². The van der Waals surface area contributed by atoms with Crippen molar-refractivity contribution in [1.29, 1.82) is 0 Å². The summed E-state index contributed by atoms with van der Waals surface area (Å²) in [5.74, 6) is 0.415. The largest absolute Gasteiger partial charge is 0.461 e. The van der Waals surface area contributed by atoms with Crippen LogP contribution in [0.15, 0.2) is 24.7 Å². The van der Waals surface area contributed by atoms with Gasteiger partial charge in [-0.05, 0) is 25.8 Å². The van der Waals surface area contributed by atoms with Crippen LogP contribution in [0.3, 0.4) is 0 Å². The molecule has 2 aliphatic rings. The van der Waals surface area contributed by atoms with Gasteiger partial charge in [0.15, 0.2) is 12.0 Å². The van der Waals surface area contributed by atoms with Crippen molar-refractivity contribution in [3.8, 4) is 0 Å². The zero-order valence-corrected chi connectivity index (χ0v) is 14.1. The molecule has 1 spiro atoms. The van der Waals surface area contributed by atoms with E-state index in [0.717, 1.165) is 30.8 Å². The number of esters is 1. The Labute approximate surface area is 145 Å². The molecule has 7 heteroatoms. The average Bonchev–Trinajstić information content (AvgIpc) is 3.26. The lowest BCUT2D eigenvalue weighted by Crippen LogP contribution is -2.48. The molecule has 3 heterocycles. The molecule has 2 aromatic heterocycles. The van der Waals surface area contributed by atoms with Gasteiger partial charge in [0.1, 0.15) is 11.5 Å². The maximum atomic E-state index is 11.7. The maximum Gasteiger partial charge on any atom is 0.358 e. The summed E-state index contributed by atoms with van der Waals surface area (Å²) in [6.45, 7) is 4.58. The highest BCUT2D eigenvalue weighted by molar-refractivity contribution is 5.86. The lowest BCUT2D eigenvalue weighted by Gasteiger charge is -2.41. The van der Waals surface area contributed by atoms with Gasteiger partial charge in [-0.1, -0.05) is 6.07 Å². The van der Waals surface area contributed by atoms with Crippen molar-refractivity contribution in [2.24, 2.45) is 5.41 Å². The molecule has 130 valence electrons. The van der Waals surface area contributed by atoms with Gasteiger partial charge in [-0.15, -0.1) is 0 Å². The van der Waals surface area contributed by atoms with Crippen LogP contribution < -0.4 is 4.90 Å². The van der Waals surface area contributed by atoms with Crippen molar-refractivity contribution in [1.82, 2.24) is 14.5 Å². The van der Waals surface area contributed by atoms with Gasteiger partial charge in [-0.3, -0.25) is 4.79 Å². The fraction of sp³-hybridized carbons (Fsp3) is 0.444. The van der Waals surface area contributed by atoms with E-state index in [1.54, 1.807) is 24.0 Å². The first-order valence-electron chi connectivity index (χ1n) is 8.51. The summed E-state index contributed by atoms with van der Waals surface area (Å²) in [5.41, 5.74) is 2.03. The normalized spacial score (nSPS) is 17.2. The maximum absolute atomic E-state index is 11.7. The third-order valence-electron chi connectivity index (χ3n) is 4.91. The van der Waals surface area contributed by atoms with Crippen molar-refractivity contribution in [3.05, 3.63) is 41.6 Å². The van der Waals surface area contributed by atoms with E-state index in [2.05, 4.69) is 14.9 Å². The number of carbonyl (C=O) groups is 2. The molecule has 25 heavy (non-hydrogen) atoms. The molecule has 0 radical (unpaired) electrons. The van der Waals surface area contributed by atoms with Crippen molar-refractivity contribution >= 4 is 18.1 Å². The van der Waals surface area contributed by atoms with Gasteiger partial charge in [0.2, 0.25) is 0 Å².